The summed E-state index contributed by atoms with van der Waals surface area (Å²) in [7, 11) is 0. The zero-order valence-electron chi connectivity index (χ0n) is 14.4. The third-order valence-electron chi connectivity index (χ3n) is 4.92. The zero-order valence-corrected chi connectivity index (χ0v) is 14.4. The van der Waals surface area contributed by atoms with Crippen molar-refractivity contribution < 1.29 is 23.8 Å². The maximum atomic E-state index is 12.1. The first-order chi connectivity index (χ1) is 12.2. The molecule has 0 aromatic rings. The molecule has 140 valence electrons. The van der Waals surface area contributed by atoms with Crippen molar-refractivity contribution in [1.82, 2.24) is 16.0 Å². The van der Waals surface area contributed by atoms with Gasteiger partial charge in [0.1, 0.15) is 12.2 Å². The molecule has 3 rings (SSSR count). The van der Waals surface area contributed by atoms with Gasteiger partial charge in [-0.1, -0.05) is 25.3 Å². The van der Waals surface area contributed by atoms with Gasteiger partial charge >= 0.3 is 12.1 Å². The number of nitrogens with one attached hydrogen (secondary N) is 3. The van der Waals surface area contributed by atoms with E-state index in [1.165, 1.54) is 6.42 Å². The summed E-state index contributed by atoms with van der Waals surface area (Å²) in [5, 5.41) is 8.40. The van der Waals surface area contributed by atoms with E-state index in [1.807, 2.05) is 0 Å². The molecule has 1 aliphatic carbocycles. The highest BCUT2D eigenvalue weighted by atomic mass is 16.6. The Morgan fingerprint density at radius 3 is 2.60 bits per heavy atom. The fourth-order valence-corrected chi connectivity index (χ4v) is 3.66. The van der Waals surface area contributed by atoms with Crippen molar-refractivity contribution >= 4 is 12.1 Å². The number of alkyl carbamates (subject to hydrolysis) is 1. The molecule has 0 unspecified atom stereocenters. The average molecular weight is 353 g/mol. The Morgan fingerprint density at radius 2 is 1.84 bits per heavy atom. The molecule has 3 aliphatic rings. The summed E-state index contributed by atoms with van der Waals surface area (Å²) in [4.78, 5) is 23.9. The molecule has 8 heteroatoms. The quantitative estimate of drug-likeness (QED) is 0.642. The van der Waals surface area contributed by atoms with E-state index in [2.05, 4.69) is 22.5 Å². The number of ether oxygens (including phenoxy) is 3. The number of hydrogen-bond donors (Lipinski definition) is 3. The Hall–Kier alpha value is -1.80. The van der Waals surface area contributed by atoms with Crippen LogP contribution in [0.1, 0.15) is 32.1 Å². The second-order valence-corrected chi connectivity index (χ2v) is 6.77. The van der Waals surface area contributed by atoms with Crippen molar-refractivity contribution in [3.63, 3.8) is 0 Å². The van der Waals surface area contributed by atoms with Crippen molar-refractivity contribution in [1.29, 1.82) is 0 Å². The van der Waals surface area contributed by atoms with E-state index in [1.54, 1.807) is 6.08 Å². The molecule has 0 aromatic heterocycles. The van der Waals surface area contributed by atoms with E-state index in [0.29, 0.717) is 13.2 Å². The van der Waals surface area contributed by atoms with Crippen LogP contribution in [-0.4, -0.2) is 62.3 Å². The maximum Gasteiger partial charge on any atom is 0.407 e. The number of fused-ring (bicyclic) bond motifs is 1. The molecule has 2 saturated heterocycles. The fourth-order valence-electron chi connectivity index (χ4n) is 3.66. The fraction of sp³-hybridized carbons (Fsp3) is 0.765. The summed E-state index contributed by atoms with van der Waals surface area (Å²) in [6.07, 6.45) is 5.63. The molecule has 1 saturated carbocycles. The summed E-state index contributed by atoms with van der Waals surface area (Å²) in [6, 6.07) is -0.353. The molecule has 8 nitrogen and oxygen atoms in total. The first-order valence-electron chi connectivity index (χ1n) is 9.03. The van der Waals surface area contributed by atoms with Crippen LogP contribution in [0, 0.1) is 0 Å². The molecule has 3 N–H and O–H groups in total. The van der Waals surface area contributed by atoms with E-state index >= 15 is 0 Å². The zero-order chi connectivity index (χ0) is 17.6. The molecule has 0 bridgehead atoms. The first-order valence-corrected chi connectivity index (χ1v) is 9.03. The van der Waals surface area contributed by atoms with Crippen molar-refractivity contribution in [2.24, 2.45) is 0 Å². The third kappa shape index (κ3) is 4.64. The molecule has 0 aromatic carbocycles. The highest BCUT2D eigenvalue weighted by molar-refractivity contribution is 5.74. The van der Waals surface area contributed by atoms with E-state index < -0.39 is 12.2 Å². The van der Waals surface area contributed by atoms with Crippen LogP contribution in [0.25, 0.3) is 0 Å². The van der Waals surface area contributed by atoms with Gasteiger partial charge in [0.25, 0.3) is 0 Å². The first kappa shape index (κ1) is 18.0. The molecule has 2 heterocycles. The Balaban J connectivity index is 1.44. The van der Waals surface area contributed by atoms with E-state index in [4.69, 9.17) is 14.2 Å². The van der Waals surface area contributed by atoms with E-state index in [9.17, 15) is 9.59 Å². The second kappa shape index (κ2) is 8.53. The number of rotatable bonds is 5. The molecule has 3 fully saturated rings. The number of amides is 3. The minimum absolute atomic E-state index is 0.201. The molecular weight excluding hydrogens is 326 g/mol. The van der Waals surface area contributed by atoms with Crippen molar-refractivity contribution in [3.05, 3.63) is 12.7 Å². The van der Waals surface area contributed by atoms with Gasteiger partial charge in [-0.3, -0.25) is 0 Å². The summed E-state index contributed by atoms with van der Waals surface area (Å²) >= 11 is 0. The molecule has 2 aliphatic heterocycles. The lowest BCUT2D eigenvalue weighted by atomic mass is 9.96. The van der Waals surface area contributed by atoms with E-state index in [0.717, 1.165) is 25.7 Å². The molecule has 0 spiro atoms. The van der Waals surface area contributed by atoms with Gasteiger partial charge in [-0.15, -0.1) is 6.58 Å². The maximum absolute atomic E-state index is 12.1. The van der Waals surface area contributed by atoms with Gasteiger partial charge in [0.05, 0.1) is 19.3 Å². The molecule has 0 radical (unpaired) electrons. The van der Waals surface area contributed by atoms with Crippen LogP contribution in [0.15, 0.2) is 12.7 Å². The lowest BCUT2D eigenvalue weighted by Crippen LogP contribution is -2.48. The average Bonchev–Trinajstić information content (AvgIpc) is 3.18. The Morgan fingerprint density at radius 1 is 1.08 bits per heavy atom. The van der Waals surface area contributed by atoms with Crippen LogP contribution in [0.5, 0.6) is 0 Å². The predicted octanol–water partition coefficient (Wildman–Crippen LogP) is 1.07. The van der Waals surface area contributed by atoms with Crippen LogP contribution in [0.2, 0.25) is 0 Å². The summed E-state index contributed by atoms with van der Waals surface area (Å²) in [5.41, 5.74) is 0. The van der Waals surface area contributed by atoms with Gasteiger partial charge in [-0.2, -0.15) is 0 Å². The third-order valence-corrected chi connectivity index (χ3v) is 4.92. The lowest BCUT2D eigenvalue weighted by molar-refractivity contribution is 0.00269. The summed E-state index contributed by atoms with van der Waals surface area (Å²) < 4.78 is 16.9. The normalized spacial score (nSPS) is 31.8. The highest BCUT2D eigenvalue weighted by Crippen LogP contribution is 2.29. The SMILES string of the molecule is C=CCNC(=O)N[C@H]1CO[C@H]2[C@@H]1OC[C@H]2OC(=O)NC1CCCCC1. The second-order valence-electron chi connectivity index (χ2n) is 6.77. The monoisotopic (exact) mass is 353 g/mol. The van der Waals surface area contributed by atoms with Crippen LogP contribution in [-0.2, 0) is 14.2 Å². The Labute approximate surface area is 147 Å². The highest BCUT2D eigenvalue weighted by Gasteiger charge is 2.50. The number of urea groups is 1. The molecular formula is C17H27N3O5. The Bertz CT molecular complexity index is 495. The molecule has 25 heavy (non-hydrogen) atoms. The van der Waals surface area contributed by atoms with Crippen LogP contribution < -0.4 is 16.0 Å². The summed E-state index contributed by atoms with van der Waals surface area (Å²) in [5.74, 6) is 0. The van der Waals surface area contributed by atoms with Gasteiger partial charge < -0.3 is 30.2 Å². The minimum atomic E-state index is -0.448. The Kier molecular flexibility index (Phi) is 6.14. The van der Waals surface area contributed by atoms with Crippen LogP contribution >= 0.6 is 0 Å². The smallest absolute Gasteiger partial charge is 0.407 e. The van der Waals surface area contributed by atoms with Gasteiger partial charge in [0.2, 0.25) is 0 Å². The largest absolute Gasteiger partial charge is 0.441 e. The van der Waals surface area contributed by atoms with Gasteiger partial charge in [0.15, 0.2) is 6.10 Å². The number of carbonyl (C=O) groups excluding carboxylic acids is 2. The predicted molar refractivity (Wildman–Crippen MR) is 90.3 cm³/mol. The number of carbonyl (C=O) groups is 2. The molecule has 4 atom stereocenters. The van der Waals surface area contributed by atoms with Gasteiger partial charge in [-0.25, -0.2) is 9.59 Å². The lowest BCUT2D eigenvalue weighted by Gasteiger charge is -2.24. The molecule has 3 amide bonds. The van der Waals surface area contributed by atoms with Crippen molar-refractivity contribution in [3.8, 4) is 0 Å². The van der Waals surface area contributed by atoms with Gasteiger partial charge in [-0.05, 0) is 12.8 Å². The standard InChI is InChI=1S/C17H27N3O5/c1-2-8-18-16(21)20-12-9-23-15-13(10-24-14(12)15)25-17(22)19-11-6-4-3-5-7-11/h2,11-15H,1,3-10H2,(H,19,22)(H2,18,20,21)/t12-,13+,14+,15+/m0/s1. The van der Waals surface area contributed by atoms with Crippen LogP contribution in [0.3, 0.4) is 0 Å². The van der Waals surface area contributed by atoms with Crippen LogP contribution in [0.4, 0.5) is 9.59 Å². The van der Waals surface area contributed by atoms with Crippen molar-refractivity contribution in [2.45, 2.75) is 62.5 Å². The number of hydrogen-bond acceptors (Lipinski definition) is 5. The topological polar surface area (TPSA) is 97.9 Å². The summed E-state index contributed by atoms with van der Waals surface area (Å²) in [6.45, 7) is 4.55. The van der Waals surface area contributed by atoms with Crippen molar-refractivity contribution in [2.75, 3.05) is 19.8 Å². The minimum Gasteiger partial charge on any atom is -0.441 e. The van der Waals surface area contributed by atoms with E-state index in [-0.39, 0.29) is 36.9 Å². The van der Waals surface area contributed by atoms with Gasteiger partial charge in [0, 0.05) is 12.6 Å².